The lowest BCUT2D eigenvalue weighted by Crippen LogP contribution is -2.39. The van der Waals surface area contributed by atoms with E-state index in [1.54, 1.807) is 7.11 Å². The van der Waals surface area contributed by atoms with Crippen LogP contribution in [0.15, 0.2) is 0 Å². The number of ether oxygens (including phenoxy) is 1. The number of nitrogens with two attached hydrogens (primary N) is 1. The molecule has 2 heterocycles. The monoisotopic (exact) mass is 241 g/mol. The molecule has 0 radical (unpaired) electrons. The topological polar surface area (TPSA) is 51.4 Å². The van der Waals surface area contributed by atoms with Crippen molar-refractivity contribution >= 4 is 22.4 Å². The molecule has 0 aliphatic carbocycles. The van der Waals surface area contributed by atoms with Crippen LogP contribution in [0.1, 0.15) is 26.7 Å². The lowest BCUT2D eigenvalue weighted by Gasteiger charge is -2.37. The first-order valence-electron chi connectivity index (χ1n) is 5.69. The maximum absolute atomic E-state index is 5.78. The fraction of sp³-hybridized carbons (Fsp3) is 0.727. The molecule has 2 rings (SSSR count). The molecule has 1 aliphatic rings. The number of hydrogen-bond donors (Lipinski definition) is 1. The minimum atomic E-state index is 0.508. The first-order valence-corrected chi connectivity index (χ1v) is 6.46. The Morgan fingerprint density at radius 3 is 2.88 bits per heavy atom. The summed E-state index contributed by atoms with van der Waals surface area (Å²) in [7, 11) is 1.65. The summed E-state index contributed by atoms with van der Waals surface area (Å²) >= 11 is 1.44. The van der Waals surface area contributed by atoms with Gasteiger partial charge in [0, 0.05) is 12.6 Å². The lowest BCUT2D eigenvalue weighted by atomic mass is 9.94. The van der Waals surface area contributed by atoms with Gasteiger partial charge in [-0.1, -0.05) is 6.92 Å². The van der Waals surface area contributed by atoms with E-state index in [1.807, 2.05) is 0 Å². The standard InChI is InChI=1S/C11H19N3OS/c1-7-4-5-14(8(2)6-7)11-9(15-3)10(12)13-16-11/h7-8H,4-6H2,1-3H3,(H2,12,13). The molecule has 1 fully saturated rings. The van der Waals surface area contributed by atoms with Crippen LogP contribution in [-0.2, 0) is 0 Å². The molecule has 0 amide bonds. The molecule has 16 heavy (non-hydrogen) atoms. The van der Waals surface area contributed by atoms with E-state index in [0.29, 0.717) is 11.9 Å². The minimum absolute atomic E-state index is 0.508. The van der Waals surface area contributed by atoms with E-state index in [1.165, 1.54) is 24.4 Å². The van der Waals surface area contributed by atoms with Gasteiger partial charge in [0.1, 0.15) is 0 Å². The van der Waals surface area contributed by atoms with Crippen LogP contribution in [0.4, 0.5) is 10.8 Å². The van der Waals surface area contributed by atoms with Crippen LogP contribution < -0.4 is 15.4 Å². The van der Waals surface area contributed by atoms with E-state index in [4.69, 9.17) is 10.5 Å². The van der Waals surface area contributed by atoms with E-state index in [9.17, 15) is 0 Å². The number of aromatic nitrogens is 1. The predicted molar refractivity (Wildman–Crippen MR) is 68.3 cm³/mol. The molecular weight excluding hydrogens is 222 g/mol. The van der Waals surface area contributed by atoms with Gasteiger partial charge in [0.25, 0.3) is 0 Å². The normalized spacial score (nSPS) is 25.8. The van der Waals surface area contributed by atoms with E-state index in [0.717, 1.165) is 23.2 Å². The zero-order chi connectivity index (χ0) is 11.7. The molecule has 4 nitrogen and oxygen atoms in total. The molecule has 2 atom stereocenters. The van der Waals surface area contributed by atoms with Gasteiger partial charge in [-0.05, 0) is 37.2 Å². The fourth-order valence-corrected chi connectivity index (χ4v) is 3.28. The molecule has 1 aromatic heterocycles. The number of hydrogen-bond acceptors (Lipinski definition) is 5. The number of nitrogen functional groups attached to an aromatic ring is 1. The maximum atomic E-state index is 5.78. The number of methoxy groups -OCH3 is 1. The summed E-state index contributed by atoms with van der Waals surface area (Å²) in [6.07, 6.45) is 2.45. The highest BCUT2D eigenvalue weighted by Crippen LogP contribution is 2.41. The molecule has 1 saturated heterocycles. The molecule has 0 saturated carbocycles. The Morgan fingerprint density at radius 1 is 1.50 bits per heavy atom. The summed E-state index contributed by atoms with van der Waals surface area (Å²) in [5.74, 6) is 2.06. The molecule has 1 aromatic rings. The van der Waals surface area contributed by atoms with Gasteiger partial charge in [-0.2, -0.15) is 4.37 Å². The molecule has 2 unspecified atom stereocenters. The van der Waals surface area contributed by atoms with Crippen molar-refractivity contribution in [2.75, 3.05) is 24.3 Å². The number of piperidine rings is 1. The summed E-state index contributed by atoms with van der Waals surface area (Å²) in [5, 5.41) is 1.08. The summed E-state index contributed by atoms with van der Waals surface area (Å²) in [5.41, 5.74) is 5.78. The van der Waals surface area contributed by atoms with Crippen molar-refractivity contribution < 1.29 is 4.74 Å². The van der Waals surface area contributed by atoms with Crippen molar-refractivity contribution in [3.05, 3.63) is 0 Å². The average Bonchev–Trinajstić information content (AvgIpc) is 2.59. The molecule has 5 heteroatoms. The first-order chi connectivity index (χ1) is 7.63. The Kier molecular flexibility index (Phi) is 3.23. The SMILES string of the molecule is COc1c(N)nsc1N1CCC(C)CC1C. The van der Waals surface area contributed by atoms with Crippen molar-refractivity contribution in [3.63, 3.8) is 0 Å². The Labute approximate surface area is 101 Å². The lowest BCUT2D eigenvalue weighted by molar-refractivity contribution is 0.371. The second-order valence-corrected chi connectivity index (χ2v) is 5.33. The van der Waals surface area contributed by atoms with Crippen LogP contribution in [0.25, 0.3) is 0 Å². The van der Waals surface area contributed by atoms with Gasteiger partial charge in [0.15, 0.2) is 16.6 Å². The van der Waals surface area contributed by atoms with Crippen molar-refractivity contribution in [2.45, 2.75) is 32.7 Å². The molecule has 90 valence electrons. The van der Waals surface area contributed by atoms with Gasteiger partial charge in [0.2, 0.25) is 0 Å². The third-order valence-corrected chi connectivity index (χ3v) is 4.14. The second kappa shape index (κ2) is 4.49. The maximum Gasteiger partial charge on any atom is 0.197 e. The van der Waals surface area contributed by atoms with Crippen LogP contribution >= 0.6 is 11.5 Å². The molecule has 0 bridgehead atoms. The van der Waals surface area contributed by atoms with E-state index in [-0.39, 0.29) is 0 Å². The smallest absolute Gasteiger partial charge is 0.197 e. The molecular formula is C11H19N3OS. The molecule has 1 aliphatic heterocycles. The van der Waals surface area contributed by atoms with Gasteiger partial charge in [-0.15, -0.1) is 0 Å². The van der Waals surface area contributed by atoms with Crippen molar-refractivity contribution in [3.8, 4) is 5.75 Å². The highest BCUT2D eigenvalue weighted by molar-refractivity contribution is 7.11. The third-order valence-electron chi connectivity index (χ3n) is 3.26. The summed E-state index contributed by atoms with van der Waals surface area (Å²) in [4.78, 5) is 2.37. The zero-order valence-electron chi connectivity index (χ0n) is 10.1. The van der Waals surface area contributed by atoms with Crippen molar-refractivity contribution in [1.29, 1.82) is 0 Å². The Bertz CT molecular complexity index is 366. The fourth-order valence-electron chi connectivity index (χ4n) is 2.37. The van der Waals surface area contributed by atoms with Crippen LogP contribution in [-0.4, -0.2) is 24.1 Å². The van der Waals surface area contributed by atoms with Gasteiger partial charge < -0.3 is 15.4 Å². The largest absolute Gasteiger partial charge is 0.490 e. The summed E-state index contributed by atoms with van der Waals surface area (Å²) < 4.78 is 9.49. The Hall–Kier alpha value is -0.970. The quantitative estimate of drug-likeness (QED) is 0.863. The zero-order valence-corrected chi connectivity index (χ0v) is 10.9. The van der Waals surface area contributed by atoms with Gasteiger partial charge in [0.05, 0.1) is 7.11 Å². The molecule has 0 spiro atoms. The van der Waals surface area contributed by atoms with Crippen LogP contribution in [0, 0.1) is 5.92 Å². The minimum Gasteiger partial charge on any atom is -0.490 e. The van der Waals surface area contributed by atoms with Gasteiger partial charge >= 0.3 is 0 Å². The summed E-state index contributed by atoms with van der Waals surface area (Å²) in [6.45, 7) is 5.64. The van der Waals surface area contributed by atoms with E-state index in [2.05, 4.69) is 23.1 Å². The highest BCUT2D eigenvalue weighted by Gasteiger charge is 2.27. The van der Waals surface area contributed by atoms with Gasteiger partial charge in [-0.3, -0.25) is 0 Å². The van der Waals surface area contributed by atoms with Gasteiger partial charge in [-0.25, -0.2) is 0 Å². The van der Waals surface area contributed by atoms with Crippen LogP contribution in [0.2, 0.25) is 0 Å². The number of anilines is 2. The van der Waals surface area contributed by atoms with E-state index >= 15 is 0 Å². The number of nitrogens with zero attached hydrogens (tertiary/aromatic N) is 2. The molecule has 2 N–H and O–H groups in total. The average molecular weight is 241 g/mol. The second-order valence-electron chi connectivity index (χ2n) is 4.58. The number of rotatable bonds is 2. The first kappa shape index (κ1) is 11.5. The van der Waals surface area contributed by atoms with Crippen LogP contribution in [0.5, 0.6) is 5.75 Å². The molecule has 0 aromatic carbocycles. The summed E-state index contributed by atoms with van der Waals surface area (Å²) in [6, 6.07) is 0.539. The van der Waals surface area contributed by atoms with E-state index < -0.39 is 0 Å². The predicted octanol–water partition coefficient (Wildman–Crippen LogP) is 2.36. The third kappa shape index (κ3) is 1.96. The van der Waals surface area contributed by atoms with Crippen molar-refractivity contribution in [1.82, 2.24) is 4.37 Å². The Morgan fingerprint density at radius 2 is 2.25 bits per heavy atom. The van der Waals surface area contributed by atoms with Crippen molar-refractivity contribution in [2.24, 2.45) is 5.92 Å². The highest BCUT2D eigenvalue weighted by atomic mass is 32.1. The Balaban J connectivity index is 2.23. The van der Waals surface area contributed by atoms with Crippen LogP contribution in [0.3, 0.4) is 0 Å².